The molecular weight excluding hydrogens is 308 g/mol. The minimum absolute atomic E-state index is 0.125. The molecule has 0 aliphatic heterocycles. The third-order valence-corrected chi connectivity index (χ3v) is 5.05. The van der Waals surface area contributed by atoms with E-state index in [1.54, 1.807) is 0 Å². The molecule has 0 aromatic heterocycles. The van der Waals surface area contributed by atoms with Crippen LogP contribution < -0.4 is 4.74 Å². The average molecular weight is 347 g/mol. The van der Waals surface area contributed by atoms with Crippen LogP contribution in [0.5, 0.6) is 5.75 Å². The fourth-order valence-corrected chi connectivity index (χ4v) is 3.70. The molecular formula is C23H38O2. The Morgan fingerprint density at radius 3 is 2.20 bits per heavy atom. The number of rotatable bonds is 10. The van der Waals surface area contributed by atoms with Gasteiger partial charge in [-0.05, 0) is 48.3 Å². The fraction of sp³-hybridized carbons (Fsp3) is 0.739. The van der Waals surface area contributed by atoms with Crippen molar-refractivity contribution in [3.8, 4) is 5.75 Å². The minimum Gasteiger partial charge on any atom is -0.465 e. The fourth-order valence-electron chi connectivity index (χ4n) is 3.70. The van der Waals surface area contributed by atoms with Crippen LogP contribution in [0.15, 0.2) is 24.3 Å². The molecule has 2 nitrogen and oxygen atoms in total. The first-order valence-electron chi connectivity index (χ1n) is 10.4. The van der Waals surface area contributed by atoms with Gasteiger partial charge >= 0.3 is 0 Å². The van der Waals surface area contributed by atoms with Crippen molar-refractivity contribution in [3.63, 3.8) is 0 Å². The van der Waals surface area contributed by atoms with Gasteiger partial charge in [-0.15, -0.1) is 0 Å². The van der Waals surface area contributed by atoms with E-state index in [0.717, 1.165) is 31.1 Å². The van der Waals surface area contributed by atoms with E-state index in [2.05, 4.69) is 52.0 Å². The molecule has 0 saturated heterocycles. The second kappa shape index (κ2) is 10.9. The van der Waals surface area contributed by atoms with Gasteiger partial charge < -0.3 is 9.47 Å². The number of benzene rings is 1. The van der Waals surface area contributed by atoms with Crippen molar-refractivity contribution in [1.29, 1.82) is 0 Å². The summed E-state index contributed by atoms with van der Waals surface area (Å²) in [7, 11) is 0. The van der Waals surface area contributed by atoms with Gasteiger partial charge in [-0.3, -0.25) is 0 Å². The van der Waals surface area contributed by atoms with E-state index in [4.69, 9.17) is 9.47 Å². The van der Waals surface area contributed by atoms with Crippen LogP contribution in [0.3, 0.4) is 0 Å². The van der Waals surface area contributed by atoms with Crippen LogP contribution >= 0.6 is 0 Å². The monoisotopic (exact) mass is 346 g/mol. The third-order valence-electron chi connectivity index (χ3n) is 5.05. The molecule has 0 bridgehead atoms. The van der Waals surface area contributed by atoms with Gasteiger partial charge in [-0.2, -0.15) is 0 Å². The van der Waals surface area contributed by atoms with Gasteiger partial charge in [0.05, 0.1) is 6.61 Å². The van der Waals surface area contributed by atoms with Crippen LogP contribution in [0.2, 0.25) is 0 Å². The van der Waals surface area contributed by atoms with Crippen molar-refractivity contribution in [2.75, 3.05) is 6.61 Å². The Hall–Kier alpha value is -1.02. The van der Waals surface area contributed by atoms with Gasteiger partial charge in [0.15, 0.2) is 6.29 Å². The summed E-state index contributed by atoms with van der Waals surface area (Å²) >= 11 is 0. The number of hydrogen-bond donors (Lipinski definition) is 0. The Bertz CT molecular complexity index is 457. The van der Waals surface area contributed by atoms with Crippen molar-refractivity contribution < 1.29 is 9.47 Å². The minimum atomic E-state index is -0.125. The molecule has 1 unspecified atom stereocenters. The maximum atomic E-state index is 6.15. The third kappa shape index (κ3) is 8.27. The first kappa shape index (κ1) is 20.3. The maximum Gasteiger partial charge on any atom is 0.200 e. The zero-order valence-corrected chi connectivity index (χ0v) is 16.8. The number of hydrogen-bond acceptors (Lipinski definition) is 2. The summed E-state index contributed by atoms with van der Waals surface area (Å²) in [5, 5.41) is 0. The lowest BCUT2D eigenvalue weighted by Crippen LogP contribution is -2.24. The van der Waals surface area contributed by atoms with Gasteiger partial charge in [0.1, 0.15) is 5.75 Å². The molecule has 0 heterocycles. The van der Waals surface area contributed by atoms with E-state index in [1.165, 1.54) is 44.1 Å². The molecule has 2 rings (SSSR count). The van der Waals surface area contributed by atoms with Crippen LogP contribution in [0, 0.1) is 17.8 Å². The summed E-state index contributed by atoms with van der Waals surface area (Å²) in [6.45, 7) is 9.79. The van der Waals surface area contributed by atoms with E-state index in [-0.39, 0.29) is 6.29 Å². The van der Waals surface area contributed by atoms with Crippen molar-refractivity contribution >= 4 is 0 Å². The molecule has 142 valence electrons. The van der Waals surface area contributed by atoms with Crippen molar-refractivity contribution in [3.05, 3.63) is 29.8 Å². The van der Waals surface area contributed by atoms with E-state index in [1.807, 2.05) is 0 Å². The molecule has 1 saturated carbocycles. The number of ether oxygens (including phenoxy) is 2. The predicted molar refractivity (Wildman–Crippen MR) is 106 cm³/mol. The SMILES string of the molecule is CC(C)Cc1ccc(OC(CC(C)C)OCCC2CCCCC2)cc1. The highest BCUT2D eigenvalue weighted by molar-refractivity contribution is 5.27. The molecule has 1 aliphatic rings. The lowest BCUT2D eigenvalue weighted by atomic mass is 9.87. The molecule has 0 amide bonds. The molecule has 1 fully saturated rings. The Balaban J connectivity index is 1.81. The zero-order chi connectivity index (χ0) is 18.1. The molecule has 25 heavy (non-hydrogen) atoms. The highest BCUT2D eigenvalue weighted by atomic mass is 16.7. The van der Waals surface area contributed by atoms with Gasteiger partial charge in [-0.25, -0.2) is 0 Å². The Kier molecular flexibility index (Phi) is 8.81. The smallest absolute Gasteiger partial charge is 0.200 e. The van der Waals surface area contributed by atoms with E-state index in [0.29, 0.717) is 11.8 Å². The second-order valence-electron chi connectivity index (χ2n) is 8.58. The van der Waals surface area contributed by atoms with Gasteiger partial charge in [0, 0.05) is 6.42 Å². The quantitative estimate of drug-likeness (QED) is 0.443. The Morgan fingerprint density at radius 1 is 0.920 bits per heavy atom. The van der Waals surface area contributed by atoms with E-state index in [9.17, 15) is 0 Å². The van der Waals surface area contributed by atoms with Crippen LogP contribution in [0.1, 0.15) is 78.2 Å². The summed E-state index contributed by atoms with van der Waals surface area (Å²) in [6, 6.07) is 8.55. The molecule has 1 aliphatic carbocycles. The molecule has 1 aromatic carbocycles. The first-order chi connectivity index (χ1) is 12.0. The van der Waals surface area contributed by atoms with E-state index < -0.39 is 0 Å². The topological polar surface area (TPSA) is 18.5 Å². The van der Waals surface area contributed by atoms with Gasteiger partial charge in [0.2, 0.25) is 0 Å². The molecule has 2 heteroatoms. The molecule has 0 spiro atoms. The summed E-state index contributed by atoms with van der Waals surface area (Å²) in [5.74, 6) is 3.04. The van der Waals surface area contributed by atoms with Crippen molar-refractivity contribution in [1.82, 2.24) is 0 Å². The summed E-state index contributed by atoms with van der Waals surface area (Å²) in [5.41, 5.74) is 1.38. The summed E-state index contributed by atoms with van der Waals surface area (Å²) < 4.78 is 12.3. The Morgan fingerprint density at radius 2 is 1.60 bits per heavy atom. The van der Waals surface area contributed by atoms with Crippen LogP contribution in [-0.4, -0.2) is 12.9 Å². The van der Waals surface area contributed by atoms with Gasteiger partial charge in [0.25, 0.3) is 0 Å². The molecule has 1 atom stereocenters. The van der Waals surface area contributed by atoms with Crippen molar-refractivity contribution in [2.45, 2.75) is 85.4 Å². The molecule has 1 aromatic rings. The maximum absolute atomic E-state index is 6.15. The summed E-state index contributed by atoms with van der Waals surface area (Å²) in [4.78, 5) is 0. The Labute approximate surface area is 155 Å². The summed E-state index contributed by atoms with van der Waals surface area (Å²) in [6.07, 6.45) is 10.1. The van der Waals surface area contributed by atoms with E-state index >= 15 is 0 Å². The molecule has 0 radical (unpaired) electrons. The normalized spacial score (nSPS) is 17.2. The zero-order valence-electron chi connectivity index (χ0n) is 16.8. The van der Waals surface area contributed by atoms with Crippen LogP contribution in [0.25, 0.3) is 0 Å². The lowest BCUT2D eigenvalue weighted by molar-refractivity contribution is -0.0944. The average Bonchev–Trinajstić information content (AvgIpc) is 2.56. The largest absolute Gasteiger partial charge is 0.465 e. The van der Waals surface area contributed by atoms with Gasteiger partial charge in [-0.1, -0.05) is 71.9 Å². The lowest BCUT2D eigenvalue weighted by Gasteiger charge is -2.24. The molecule has 0 N–H and O–H groups in total. The first-order valence-corrected chi connectivity index (χ1v) is 10.4. The highest BCUT2D eigenvalue weighted by Crippen LogP contribution is 2.27. The van der Waals surface area contributed by atoms with Crippen LogP contribution in [0.4, 0.5) is 0 Å². The van der Waals surface area contributed by atoms with Crippen molar-refractivity contribution in [2.24, 2.45) is 17.8 Å². The predicted octanol–water partition coefficient (Wildman–Crippen LogP) is 6.62. The second-order valence-corrected chi connectivity index (χ2v) is 8.58. The standard InChI is InChI=1S/C23H38O2/c1-18(2)16-21-10-12-22(13-11-21)25-23(17-19(3)4)24-15-14-20-8-6-5-7-9-20/h10-13,18-20,23H,5-9,14-17H2,1-4H3. The highest BCUT2D eigenvalue weighted by Gasteiger charge is 2.17. The van der Waals surface area contributed by atoms with Crippen LogP contribution in [-0.2, 0) is 11.2 Å².